The van der Waals surface area contributed by atoms with Crippen LogP contribution in [0, 0.1) is 0 Å². The van der Waals surface area contributed by atoms with Gasteiger partial charge in [0.05, 0.1) is 0 Å². The zero-order valence-corrected chi connectivity index (χ0v) is 17.0. The van der Waals surface area contributed by atoms with Crippen LogP contribution < -0.4 is 10.6 Å². The van der Waals surface area contributed by atoms with Crippen LogP contribution in [-0.4, -0.2) is 47.3 Å². The highest BCUT2D eigenvalue weighted by Gasteiger charge is 2.31. The zero-order chi connectivity index (χ0) is 21.5. The average Bonchev–Trinajstić information content (AvgIpc) is 3.13. The van der Waals surface area contributed by atoms with E-state index in [0.29, 0.717) is 51.4 Å². The van der Waals surface area contributed by atoms with Crippen LogP contribution in [0.25, 0.3) is 0 Å². The van der Waals surface area contributed by atoms with Gasteiger partial charge in [-0.25, -0.2) is 8.78 Å². The number of allylic oxidation sites excluding steroid dienone is 2. The van der Waals surface area contributed by atoms with Crippen LogP contribution in [0.1, 0.15) is 70.6 Å². The molecule has 0 aromatic rings. The molecular weight excluding hydrogens is 382 g/mol. The normalized spacial score (nSPS) is 20.0. The fourth-order valence-electron chi connectivity index (χ4n) is 3.29. The maximum atomic E-state index is 13.9. The number of carbonyl (C=O) groups excluding carboxylic acids is 2. The molecule has 4 N–H and O–H groups in total. The molecule has 2 atom stereocenters. The molecule has 1 aliphatic rings. The van der Waals surface area contributed by atoms with E-state index >= 15 is 0 Å². The molecule has 2 amide bonds. The summed E-state index contributed by atoms with van der Waals surface area (Å²) in [7, 11) is 0. The monoisotopic (exact) mass is 416 g/mol. The first-order valence-corrected chi connectivity index (χ1v) is 10.5. The number of aliphatic hydroxyl groups excluding tert-OH is 2. The highest BCUT2D eigenvalue weighted by molar-refractivity contribution is 5.92. The molecule has 1 aliphatic carbocycles. The van der Waals surface area contributed by atoms with E-state index in [1.165, 1.54) is 12.2 Å². The molecule has 0 unspecified atom stereocenters. The predicted molar refractivity (Wildman–Crippen MR) is 107 cm³/mol. The van der Waals surface area contributed by atoms with Crippen LogP contribution in [0.15, 0.2) is 23.8 Å². The van der Waals surface area contributed by atoms with Crippen molar-refractivity contribution < 1.29 is 28.6 Å². The molecular formula is C21H34F2N2O4. The highest BCUT2D eigenvalue weighted by atomic mass is 19.1. The van der Waals surface area contributed by atoms with Gasteiger partial charge in [-0.1, -0.05) is 12.8 Å². The van der Waals surface area contributed by atoms with E-state index in [-0.39, 0.29) is 13.2 Å². The summed E-state index contributed by atoms with van der Waals surface area (Å²) in [5.41, 5.74) is 0. The summed E-state index contributed by atoms with van der Waals surface area (Å²) in [6, 6.07) is -0.866. The Morgan fingerprint density at radius 1 is 0.759 bits per heavy atom. The summed E-state index contributed by atoms with van der Waals surface area (Å²) in [4.78, 5) is 24.0. The molecule has 1 saturated carbocycles. The number of aliphatic hydroxyl groups is 2. The van der Waals surface area contributed by atoms with Crippen LogP contribution in [-0.2, 0) is 9.59 Å². The van der Waals surface area contributed by atoms with E-state index in [9.17, 15) is 18.4 Å². The van der Waals surface area contributed by atoms with Gasteiger partial charge in [-0.15, -0.1) is 0 Å². The largest absolute Gasteiger partial charge is 0.396 e. The van der Waals surface area contributed by atoms with Crippen molar-refractivity contribution in [1.82, 2.24) is 10.6 Å². The van der Waals surface area contributed by atoms with Crippen molar-refractivity contribution in [3.63, 3.8) is 0 Å². The highest BCUT2D eigenvalue weighted by Crippen LogP contribution is 2.20. The summed E-state index contributed by atoms with van der Waals surface area (Å²) in [6.07, 6.45) is 9.42. The van der Waals surface area contributed by atoms with Gasteiger partial charge in [0.25, 0.3) is 11.8 Å². The minimum atomic E-state index is -0.861. The zero-order valence-electron chi connectivity index (χ0n) is 17.0. The molecule has 29 heavy (non-hydrogen) atoms. The van der Waals surface area contributed by atoms with Gasteiger partial charge in [0.1, 0.15) is 0 Å². The smallest absolute Gasteiger partial charge is 0.279 e. The fraction of sp³-hybridized carbons (Fsp3) is 0.714. The van der Waals surface area contributed by atoms with Gasteiger partial charge >= 0.3 is 0 Å². The number of hydrogen-bond acceptors (Lipinski definition) is 4. The SMILES string of the molecule is O=C(N[C@H]1CCC[C@H]1NC(=O)/C(F)=C/CCCCCO)/C(F)=C/CCCCCO. The van der Waals surface area contributed by atoms with Gasteiger partial charge in [-0.05, 0) is 69.9 Å². The fourth-order valence-corrected chi connectivity index (χ4v) is 3.29. The molecule has 0 saturated heterocycles. The molecule has 0 aromatic heterocycles. The third-order valence-electron chi connectivity index (χ3n) is 4.95. The minimum Gasteiger partial charge on any atom is -0.396 e. The second kappa shape index (κ2) is 15.1. The maximum Gasteiger partial charge on any atom is 0.279 e. The Morgan fingerprint density at radius 2 is 1.17 bits per heavy atom. The van der Waals surface area contributed by atoms with E-state index in [4.69, 9.17) is 10.2 Å². The standard InChI is InChI=1S/C21H34F2N2O4/c22-16(10-5-1-3-7-14-26)20(28)24-18-12-9-13-19(18)25-21(29)17(23)11-6-2-4-8-15-27/h10-11,18-19,26-27H,1-9,12-15H2,(H,24,28)(H,25,29)/b16-10-,17-11-/t18-,19+. The molecule has 0 aliphatic heterocycles. The minimum absolute atomic E-state index is 0.0982. The van der Waals surface area contributed by atoms with Crippen molar-refractivity contribution >= 4 is 11.8 Å². The Morgan fingerprint density at radius 3 is 1.55 bits per heavy atom. The summed E-state index contributed by atoms with van der Waals surface area (Å²) in [5.74, 6) is -3.36. The molecule has 8 heteroatoms. The molecule has 0 bridgehead atoms. The van der Waals surface area contributed by atoms with Crippen molar-refractivity contribution in [1.29, 1.82) is 0 Å². The van der Waals surface area contributed by atoms with Crippen molar-refractivity contribution in [3.8, 4) is 0 Å². The van der Waals surface area contributed by atoms with Gasteiger partial charge in [-0.3, -0.25) is 9.59 Å². The second-order valence-corrected chi connectivity index (χ2v) is 7.34. The summed E-state index contributed by atoms with van der Waals surface area (Å²) in [5, 5.41) is 22.6. The average molecular weight is 417 g/mol. The predicted octanol–water partition coefficient (Wildman–Crippen LogP) is 2.95. The van der Waals surface area contributed by atoms with E-state index in [2.05, 4.69) is 10.6 Å². The first-order chi connectivity index (χ1) is 14.0. The Balaban J connectivity index is 2.43. The number of nitrogens with one attached hydrogen (secondary N) is 2. The number of halogens is 2. The lowest BCUT2D eigenvalue weighted by Crippen LogP contribution is -2.48. The Bertz CT molecular complexity index is 519. The van der Waals surface area contributed by atoms with Gasteiger partial charge in [0.15, 0.2) is 11.7 Å². The number of rotatable bonds is 14. The lowest BCUT2D eigenvalue weighted by Gasteiger charge is -2.21. The van der Waals surface area contributed by atoms with Crippen molar-refractivity contribution in [2.24, 2.45) is 0 Å². The van der Waals surface area contributed by atoms with Crippen molar-refractivity contribution in [3.05, 3.63) is 23.8 Å². The summed E-state index contributed by atoms with van der Waals surface area (Å²) in [6.45, 7) is 0.196. The topological polar surface area (TPSA) is 98.7 Å². The quantitative estimate of drug-likeness (QED) is 0.258. The Kier molecular flexibility index (Phi) is 13.1. The van der Waals surface area contributed by atoms with Gasteiger partial charge in [-0.2, -0.15) is 0 Å². The molecule has 0 heterocycles. The number of unbranched alkanes of at least 4 members (excludes halogenated alkanes) is 6. The van der Waals surface area contributed by atoms with Crippen LogP contribution in [0.4, 0.5) is 8.78 Å². The molecule has 1 fully saturated rings. The first kappa shape index (κ1) is 25.2. The molecule has 166 valence electrons. The maximum absolute atomic E-state index is 13.9. The number of hydrogen-bond donors (Lipinski definition) is 4. The molecule has 1 rings (SSSR count). The third kappa shape index (κ3) is 10.5. The second-order valence-electron chi connectivity index (χ2n) is 7.34. The Labute approximate surface area is 171 Å². The Hall–Kier alpha value is -1.80. The van der Waals surface area contributed by atoms with Crippen molar-refractivity contribution in [2.45, 2.75) is 82.7 Å². The van der Waals surface area contributed by atoms with Crippen molar-refractivity contribution in [2.75, 3.05) is 13.2 Å². The van der Waals surface area contributed by atoms with E-state index in [1.54, 1.807) is 0 Å². The van der Waals surface area contributed by atoms with Gasteiger partial charge in [0.2, 0.25) is 0 Å². The number of amides is 2. The summed E-state index contributed by atoms with van der Waals surface area (Å²) < 4.78 is 27.9. The summed E-state index contributed by atoms with van der Waals surface area (Å²) >= 11 is 0. The van der Waals surface area contributed by atoms with Crippen LogP contribution in [0.2, 0.25) is 0 Å². The molecule has 0 aromatic carbocycles. The van der Waals surface area contributed by atoms with Gasteiger partial charge < -0.3 is 20.8 Å². The van der Waals surface area contributed by atoms with Crippen LogP contribution in [0.3, 0.4) is 0 Å². The lowest BCUT2D eigenvalue weighted by molar-refractivity contribution is -0.122. The van der Waals surface area contributed by atoms with Gasteiger partial charge in [0, 0.05) is 25.3 Å². The van der Waals surface area contributed by atoms with Crippen LogP contribution >= 0.6 is 0 Å². The first-order valence-electron chi connectivity index (χ1n) is 10.5. The lowest BCUT2D eigenvalue weighted by atomic mass is 10.1. The van der Waals surface area contributed by atoms with E-state index in [0.717, 1.165) is 19.3 Å². The molecule has 0 spiro atoms. The number of carbonyl (C=O) groups is 2. The molecule has 0 radical (unpaired) electrons. The van der Waals surface area contributed by atoms with E-state index in [1.807, 2.05) is 0 Å². The van der Waals surface area contributed by atoms with E-state index < -0.39 is 35.6 Å². The third-order valence-corrected chi connectivity index (χ3v) is 4.95. The molecule has 6 nitrogen and oxygen atoms in total. The van der Waals surface area contributed by atoms with Crippen LogP contribution in [0.5, 0.6) is 0 Å².